The maximum atomic E-state index is 11.3. The van der Waals surface area contributed by atoms with E-state index in [0.717, 1.165) is 13.0 Å². The predicted molar refractivity (Wildman–Crippen MR) is 79.0 cm³/mol. The van der Waals surface area contributed by atoms with E-state index < -0.39 is 10.9 Å². The quantitative estimate of drug-likeness (QED) is 0.673. The fraction of sp³-hybridized carbons (Fsp3) is 0.500. The molecule has 1 unspecified atom stereocenters. The molecule has 0 spiro atoms. The van der Waals surface area contributed by atoms with Crippen LogP contribution < -0.4 is 4.90 Å². The minimum absolute atomic E-state index is 0.260. The van der Waals surface area contributed by atoms with Crippen molar-refractivity contribution in [2.45, 2.75) is 19.4 Å². The van der Waals surface area contributed by atoms with E-state index in [4.69, 9.17) is 5.11 Å². The number of benzene rings is 1. The summed E-state index contributed by atoms with van der Waals surface area (Å²) >= 11 is 0. The number of hydrogen-bond donors (Lipinski definition) is 1. The molecule has 7 heteroatoms. The molecule has 0 radical (unpaired) electrons. The Morgan fingerprint density at radius 2 is 2.19 bits per heavy atom. The van der Waals surface area contributed by atoms with Crippen molar-refractivity contribution in [1.82, 2.24) is 4.90 Å². The zero-order valence-electron chi connectivity index (χ0n) is 12.2. The minimum atomic E-state index is -1.27. The van der Waals surface area contributed by atoms with E-state index >= 15 is 0 Å². The van der Waals surface area contributed by atoms with Crippen molar-refractivity contribution in [1.29, 1.82) is 0 Å². The molecule has 21 heavy (non-hydrogen) atoms. The lowest BCUT2D eigenvalue weighted by atomic mass is 10.1. The fourth-order valence-electron chi connectivity index (χ4n) is 2.76. The van der Waals surface area contributed by atoms with Crippen LogP contribution in [-0.4, -0.2) is 53.6 Å². The fourth-order valence-corrected chi connectivity index (χ4v) is 2.76. The molecule has 0 saturated carbocycles. The lowest BCUT2D eigenvalue weighted by Gasteiger charge is -2.40. The Morgan fingerprint density at radius 1 is 1.48 bits per heavy atom. The second kappa shape index (κ2) is 6.09. The monoisotopic (exact) mass is 293 g/mol. The summed E-state index contributed by atoms with van der Waals surface area (Å²) in [6.07, 6.45) is 0.944. The summed E-state index contributed by atoms with van der Waals surface area (Å²) in [5.41, 5.74) is -0.180. The lowest BCUT2D eigenvalue weighted by molar-refractivity contribution is -0.384. The molecule has 1 atom stereocenters. The van der Waals surface area contributed by atoms with Crippen molar-refractivity contribution in [2.24, 2.45) is 0 Å². The first-order valence-corrected chi connectivity index (χ1v) is 6.91. The van der Waals surface area contributed by atoms with Crippen molar-refractivity contribution < 1.29 is 14.8 Å². The van der Waals surface area contributed by atoms with E-state index in [1.54, 1.807) is 12.1 Å². The van der Waals surface area contributed by atoms with Crippen molar-refractivity contribution in [2.75, 3.05) is 31.6 Å². The van der Waals surface area contributed by atoms with E-state index in [9.17, 15) is 14.9 Å². The Balaban J connectivity index is 2.42. The summed E-state index contributed by atoms with van der Waals surface area (Å²) in [6, 6.07) is 4.78. The van der Waals surface area contributed by atoms with Crippen LogP contribution in [0.4, 0.5) is 11.4 Å². The van der Waals surface area contributed by atoms with Crippen LogP contribution in [0.15, 0.2) is 18.2 Å². The average Bonchev–Trinajstić information content (AvgIpc) is 2.46. The number of aromatic carboxylic acids is 1. The van der Waals surface area contributed by atoms with Crippen LogP contribution in [0.2, 0.25) is 0 Å². The molecular weight excluding hydrogens is 274 g/mol. The third-order valence-corrected chi connectivity index (χ3v) is 4.02. The van der Waals surface area contributed by atoms with Gasteiger partial charge in [-0.1, -0.05) is 13.0 Å². The van der Waals surface area contributed by atoms with Gasteiger partial charge in [-0.05, 0) is 25.6 Å². The number of piperazine rings is 1. The number of nitro groups is 1. The Labute approximate surface area is 122 Å². The van der Waals surface area contributed by atoms with Gasteiger partial charge in [0, 0.05) is 25.7 Å². The summed E-state index contributed by atoms with van der Waals surface area (Å²) in [5, 5.41) is 20.5. The highest BCUT2D eigenvalue weighted by Crippen LogP contribution is 2.33. The first kappa shape index (κ1) is 15.2. The molecule has 1 saturated heterocycles. The predicted octanol–water partition coefficient (Wildman–Crippen LogP) is 1.82. The molecule has 0 bridgehead atoms. The molecule has 1 N–H and O–H groups in total. The number of likely N-dealkylation sites (N-methyl/N-ethyl adjacent to an activating group) is 1. The molecule has 2 rings (SSSR count). The highest BCUT2D eigenvalue weighted by Gasteiger charge is 2.31. The number of nitrogens with zero attached hydrogens (tertiary/aromatic N) is 3. The standard InChI is InChI=1S/C14H19N3O4/c1-3-10-9-16(8-7-15(10)2)12-6-4-5-11(14(18)19)13(12)17(20)21/h4-6,10H,3,7-9H2,1-2H3,(H,18,19). The zero-order valence-corrected chi connectivity index (χ0v) is 12.2. The summed E-state index contributed by atoms with van der Waals surface area (Å²) < 4.78 is 0. The summed E-state index contributed by atoms with van der Waals surface area (Å²) in [4.78, 5) is 26.1. The molecule has 114 valence electrons. The Bertz CT molecular complexity index is 561. The van der Waals surface area contributed by atoms with Crippen molar-refractivity contribution >= 4 is 17.3 Å². The number of carboxylic acid groups (broad SMARTS) is 1. The van der Waals surface area contributed by atoms with E-state index in [0.29, 0.717) is 24.8 Å². The molecule has 0 aromatic heterocycles. The number of para-hydroxylation sites is 1. The van der Waals surface area contributed by atoms with E-state index in [1.165, 1.54) is 6.07 Å². The number of carbonyl (C=O) groups is 1. The molecular formula is C14H19N3O4. The van der Waals surface area contributed by atoms with Gasteiger partial charge in [0.1, 0.15) is 11.3 Å². The highest BCUT2D eigenvalue weighted by atomic mass is 16.6. The van der Waals surface area contributed by atoms with Gasteiger partial charge in [-0.2, -0.15) is 0 Å². The molecule has 1 aliphatic rings. The van der Waals surface area contributed by atoms with Gasteiger partial charge in [0.2, 0.25) is 0 Å². The largest absolute Gasteiger partial charge is 0.477 e. The van der Waals surface area contributed by atoms with Gasteiger partial charge in [0.25, 0.3) is 0 Å². The van der Waals surface area contributed by atoms with Gasteiger partial charge in [-0.15, -0.1) is 0 Å². The van der Waals surface area contributed by atoms with Gasteiger partial charge in [-0.3, -0.25) is 15.0 Å². The molecule has 1 aromatic carbocycles. The van der Waals surface area contributed by atoms with Gasteiger partial charge >= 0.3 is 11.7 Å². The SMILES string of the molecule is CCC1CN(c2cccc(C(=O)O)c2[N+](=O)[O-])CCN1C. The summed E-state index contributed by atoms with van der Waals surface area (Å²) in [5.74, 6) is -1.27. The van der Waals surface area contributed by atoms with Crippen LogP contribution in [0.25, 0.3) is 0 Å². The van der Waals surface area contributed by atoms with Crippen molar-refractivity contribution in [3.63, 3.8) is 0 Å². The first-order chi connectivity index (χ1) is 9.95. The number of carboxylic acids is 1. The first-order valence-electron chi connectivity index (χ1n) is 6.91. The molecule has 0 aliphatic carbocycles. The molecule has 0 amide bonds. The third-order valence-electron chi connectivity index (χ3n) is 4.02. The van der Waals surface area contributed by atoms with Crippen LogP contribution in [0, 0.1) is 10.1 Å². The van der Waals surface area contributed by atoms with Crippen LogP contribution in [0.3, 0.4) is 0 Å². The maximum absolute atomic E-state index is 11.3. The number of rotatable bonds is 4. The minimum Gasteiger partial charge on any atom is -0.477 e. The number of anilines is 1. The Hall–Kier alpha value is -2.15. The van der Waals surface area contributed by atoms with Crippen molar-refractivity contribution in [3.8, 4) is 0 Å². The van der Waals surface area contributed by atoms with E-state index in [1.807, 2.05) is 11.9 Å². The van der Waals surface area contributed by atoms with Crippen LogP contribution >= 0.6 is 0 Å². The average molecular weight is 293 g/mol. The van der Waals surface area contributed by atoms with Gasteiger partial charge in [0.15, 0.2) is 0 Å². The Morgan fingerprint density at radius 3 is 2.76 bits per heavy atom. The second-order valence-electron chi connectivity index (χ2n) is 5.22. The Kier molecular flexibility index (Phi) is 4.42. The smallest absolute Gasteiger partial charge is 0.342 e. The van der Waals surface area contributed by atoms with Crippen molar-refractivity contribution in [3.05, 3.63) is 33.9 Å². The molecule has 1 aromatic rings. The van der Waals surface area contributed by atoms with E-state index in [2.05, 4.69) is 11.8 Å². The van der Waals surface area contributed by atoms with Crippen LogP contribution in [0.1, 0.15) is 23.7 Å². The van der Waals surface area contributed by atoms with Gasteiger partial charge in [0.05, 0.1) is 4.92 Å². The second-order valence-corrected chi connectivity index (χ2v) is 5.22. The van der Waals surface area contributed by atoms with Crippen LogP contribution in [0.5, 0.6) is 0 Å². The molecule has 1 fully saturated rings. The lowest BCUT2D eigenvalue weighted by Crippen LogP contribution is -2.51. The summed E-state index contributed by atoms with van der Waals surface area (Å²) in [6.45, 7) is 4.19. The third kappa shape index (κ3) is 2.97. The molecule has 1 aliphatic heterocycles. The molecule has 1 heterocycles. The number of hydrogen-bond acceptors (Lipinski definition) is 5. The summed E-state index contributed by atoms with van der Waals surface area (Å²) in [7, 11) is 2.04. The molecule has 7 nitrogen and oxygen atoms in total. The topological polar surface area (TPSA) is 86.9 Å². The van der Waals surface area contributed by atoms with Crippen LogP contribution in [-0.2, 0) is 0 Å². The van der Waals surface area contributed by atoms with Gasteiger partial charge in [-0.25, -0.2) is 4.79 Å². The number of nitro benzene ring substituents is 1. The van der Waals surface area contributed by atoms with Gasteiger partial charge < -0.3 is 10.0 Å². The maximum Gasteiger partial charge on any atom is 0.342 e. The zero-order chi connectivity index (χ0) is 15.6. The van der Waals surface area contributed by atoms with E-state index in [-0.39, 0.29) is 11.3 Å². The normalized spacial score (nSPS) is 19.5. The highest BCUT2D eigenvalue weighted by molar-refractivity contribution is 5.95.